The van der Waals surface area contributed by atoms with Crippen molar-refractivity contribution in [2.45, 2.75) is 25.3 Å². The molecule has 1 atom stereocenters. The van der Waals surface area contributed by atoms with Crippen molar-refractivity contribution in [1.29, 1.82) is 0 Å². The first kappa shape index (κ1) is 18.9. The Balaban J connectivity index is 1.63. The van der Waals surface area contributed by atoms with Crippen LogP contribution >= 0.6 is 0 Å². The lowest BCUT2D eigenvalue weighted by atomic mass is 9.97. The zero-order valence-corrected chi connectivity index (χ0v) is 16.0. The smallest absolute Gasteiger partial charge is 0.118 e. The fourth-order valence-corrected chi connectivity index (χ4v) is 3.74. The van der Waals surface area contributed by atoms with Crippen LogP contribution < -0.4 is 10.2 Å². The van der Waals surface area contributed by atoms with Crippen LogP contribution in [0, 0.1) is 0 Å². The molecule has 3 rings (SSSR count). The molecule has 0 bridgehead atoms. The first-order valence-corrected chi connectivity index (χ1v) is 9.61. The van der Waals surface area contributed by atoms with E-state index in [0.29, 0.717) is 6.04 Å². The summed E-state index contributed by atoms with van der Waals surface area (Å²) in [6.07, 6.45) is 3.41. The highest BCUT2D eigenvalue weighted by molar-refractivity contribution is 5.27. The van der Waals surface area contributed by atoms with Crippen molar-refractivity contribution in [1.82, 2.24) is 15.3 Å². The Morgan fingerprint density at radius 1 is 0.923 bits per heavy atom. The van der Waals surface area contributed by atoms with Crippen LogP contribution in [0.4, 0.5) is 0 Å². The van der Waals surface area contributed by atoms with E-state index >= 15 is 0 Å². The number of hydrogen-bond acceptors (Lipinski definition) is 4. The van der Waals surface area contributed by atoms with Crippen molar-refractivity contribution in [2.75, 3.05) is 40.3 Å². The quantitative estimate of drug-likeness (QED) is 0.790. The summed E-state index contributed by atoms with van der Waals surface area (Å²) in [5, 5.41) is 2.31. The maximum Gasteiger partial charge on any atom is 0.118 e. The number of methoxy groups -OCH3 is 1. The summed E-state index contributed by atoms with van der Waals surface area (Å²) in [6, 6.07) is 20.0. The SMILES string of the molecule is CNN1CCN(C(CCc2ccc(OC)cc2)Cc2ccccc2)CC1. The largest absolute Gasteiger partial charge is 0.497 e. The van der Waals surface area contributed by atoms with E-state index in [1.54, 1.807) is 7.11 Å². The van der Waals surface area contributed by atoms with Gasteiger partial charge in [-0.1, -0.05) is 42.5 Å². The van der Waals surface area contributed by atoms with Gasteiger partial charge in [-0.2, -0.15) is 0 Å². The second-order valence-electron chi connectivity index (χ2n) is 6.98. The zero-order valence-electron chi connectivity index (χ0n) is 16.0. The Morgan fingerprint density at radius 2 is 1.62 bits per heavy atom. The van der Waals surface area contributed by atoms with Crippen LogP contribution in [0.25, 0.3) is 0 Å². The number of nitrogens with one attached hydrogen (secondary N) is 1. The van der Waals surface area contributed by atoms with E-state index in [2.05, 4.69) is 69.9 Å². The van der Waals surface area contributed by atoms with Crippen molar-refractivity contribution in [3.8, 4) is 5.75 Å². The number of hydrogen-bond donors (Lipinski definition) is 1. The summed E-state index contributed by atoms with van der Waals surface area (Å²) in [7, 11) is 3.73. The molecule has 1 saturated heterocycles. The van der Waals surface area contributed by atoms with Gasteiger partial charge >= 0.3 is 0 Å². The monoisotopic (exact) mass is 353 g/mol. The van der Waals surface area contributed by atoms with Crippen LogP contribution in [0.1, 0.15) is 17.5 Å². The summed E-state index contributed by atoms with van der Waals surface area (Å²) >= 11 is 0. The van der Waals surface area contributed by atoms with E-state index in [0.717, 1.165) is 44.8 Å². The van der Waals surface area contributed by atoms with E-state index in [9.17, 15) is 0 Å². The number of rotatable bonds is 8. The first-order chi connectivity index (χ1) is 12.8. The topological polar surface area (TPSA) is 27.7 Å². The Labute approximate surface area is 157 Å². The van der Waals surface area contributed by atoms with Gasteiger partial charge in [-0.25, -0.2) is 5.01 Å². The molecule has 0 aromatic heterocycles. The van der Waals surface area contributed by atoms with Crippen LogP contribution in [0.5, 0.6) is 5.75 Å². The van der Waals surface area contributed by atoms with Gasteiger partial charge in [0.05, 0.1) is 7.11 Å². The highest BCUT2D eigenvalue weighted by atomic mass is 16.5. The van der Waals surface area contributed by atoms with Crippen LogP contribution in [0.15, 0.2) is 54.6 Å². The van der Waals surface area contributed by atoms with Crippen molar-refractivity contribution in [3.63, 3.8) is 0 Å². The Hall–Kier alpha value is -1.88. The van der Waals surface area contributed by atoms with E-state index in [-0.39, 0.29) is 0 Å². The Kier molecular flexibility index (Phi) is 7.06. The Morgan fingerprint density at radius 3 is 2.23 bits per heavy atom. The average molecular weight is 354 g/mol. The number of nitrogens with zero attached hydrogens (tertiary/aromatic N) is 2. The molecule has 1 aliphatic rings. The van der Waals surface area contributed by atoms with Crippen LogP contribution in [0.3, 0.4) is 0 Å². The molecular formula is C22H31N3O. The average Bonchev–Trinajstić information content (AvgIpc) is 2.72. The molecule has 4 heteroatoms. The molecule has 0 amide bonds. The molecule has 1 unspecified atom stereocenters. The zero-order chi connectivity index (χ0) is 18.2. The second kappa shape index (κ2) is 9.72. The molecule has 1 aliphatic heterocycles. The van der Waals surface area contributed by atoms with Crippen molar-refractivity contribution < 1.29 is 4.74 Å². The molecule has 0 radical (unpaired) electrons. The normalized spacial score (nSPS) is 17.2. The van der Waals surface area contributed by atoms with Crippen molar-refractivity contribution >= 4 is 0 Å². The van der Waals surface area contributed by atoms with Crippen LogP contribution in [-0.4, -0.2) is 56.3 Å². The minimum absolute atomic E-state index is 0.582. The van der Waals surface area contributed by atoms with Gasteiger partial charge < -0.3 is 4.74 Å². The summed E-state index contributed by atoms with van der Waals surface area (Å²) in [5.74, 6) is 0.928. The molecule has 2 aromatic rings. The third-order valence-electron chi connectivity index (χ3n) is 5.39. The third kappa shape index (κ3) is 5.31. The number of piperazine rings is 1. The maximum absolute atomic E-state index is 5.27. The summed E-state index contributed by atoms with van der Waals surface area (Å²) in [6.45, 7) is 4.43. The number of aryl methyl sites for hydroxylation is 1. The van der Waals surface area contributed by atoms with E-state index < -0.39 is 0 Å². The molecule has 4 nitrogen and oxygen atoms in total. The summed E-state index contributed by atoms with van der Waals surface area (Å²) in [4.78, 5) is 2.67. The maximum atomic E-state index is 5.27. The van der Waals surface area contributed by atoms with E-state index in [1.165, 1.54) is 17.5 Å². The molecule has 2 aromatic carbocycles. The predicted octanol–water partition coefficient (Wildman–Crippen LogP) is 2.99. The molecular weight excluding hydrogens is 322 g/mol. The second-order valence-corrected chi connectivity index (χ2v) is 6.98. The molecule has 1 fully saturated rings. The predicted molar refractivity (Wildman–Crippen MR) is 107 cm³/mol. The standard InChI is InChI=1S/C22H31N3O/c1-23-25-16-14-24(15-17-25)21(18-20-6-4-3-5-7-20)11-8-19-9-12-22(26-2)13-10-19/h3-7,9-10,12-13,21,23H,8,11,14-18H2,1-2H3. The Bertz CT molecular complexity index is 636. The number of benzene rings is 2. The fraction of sp³-hybridized carbons (Fsp3) is 0.455. The van der Waals surface area contributed by atoms with E-state index in [4.69, 9.17) is 4.74 Å². The van der Waals surface area contributed by atoms with Crippen LogP contribution in [0.2, 0.25) is 0 Å². The highest BCUT2D eigenvalue weighted by Crippen LogP contribution is 2.19. The summed E-state index contributed by atoms with van der Waals surface area (Å²) < 4.78 is 5.27. The van der Waals surface area contributed by atoms with Gasteiger partial charge in [0.2, 0.25) is 0 Å². The van der Waals surface area contributed by atoms with E-state index in [1.807, 2.05) is 7.05 Å². The van der Waals surface area contributed by atoms with Gasteiger partial charge in [-0.3, -0.25) is 10.3 Å². The molecule has 0 aliphatic carbocycles. The molecule has 0 saturated carbocycles. The minimum Gasteiger partial charge on any atom is -0.497 e. The number of hydrazine groups is 1. The molecule has 0 spiro atoms. The lowest BCUT2D eigenvalue weighted by molar-refractivity contribution is 0.0676. The van der Waals surface area contributed by atoms with Crippen LogP contribution in [-0.2, 0) is 12.8 Å². The number of ether oxygens (including phenoxy) is 1. The van der Waals surface area contributed by atoms with Crippen molar-refractivity contribution in [3.05, 3.63) is 65.7 Å². The van der Waals surface area contributed by atoms with Gasteiger partial charge in [0.1, 0.15) is 5.75 Å². The van der Waals surface area contributed by atoms with Gasteiger partial charge in [0, 0.05) is 32.2 Å². The van der Waals surface area contributed by atoms with Gasteiger partial charge in [-0.05, 0) is 49.6 Å². The van der Waals surface area contributed by atoms with Crippen molar-refractivity contribution in [2.24, 2.45) is 0 Å². The molecule has 1 heterocycles. The minimum atomic E-state index is 0.582. The third-order valence-corrected chi connectivity index (χ3v) is 5.39. The summed E-state index contributed by atoms with van der Waals surface area (Å²) in [5.41, 5.74) is 6.10. The van der Waals surface area contributed by atoms with Gasteiger partial charge in [-0.15, -0.1) is 0 Å². The molecule has 1 N–H and O–H groups in total. The lowest BCUT2D eigenvalue weighted by Crippen LogP contribution is -2.54. The molecule has 140 valence electrons. The van der Waals surface area contributed by atoms with Gasteiger partial charge in [0.15, 0.2) is 0 Å². The molecule has 26 heavy (non-hydrogen) atoms. The lowest BCUT2D eigenvalue weighted by Gasteiger charge is -2.39. The highest BCUT2D eigenvalue weighted by Gasteiger charge is 2.23. The first-order valence-electron chi connectivity index (χ1n) is 9.61. The van der Waals surface area contributed by atoms with Gasteiger partial charge in [0.25, 0.3) is 0 Å². The fourth-order valence-electron chi connectivity index (χ4n) is 3.74.